The highest BCUT2D eigenvalue weighted by molar-refractivity contribution is 5.74. The van der Waals surface area contributed by atoms with E-state index >= 15 is 0 Å². The SMILES string of the molecule is CC1CCOCCN1C(=O)NCCCCOc1ccc(F)cc1. The number of rotatable bonds is 6. The van der Waals surface area contributed by atoms with Gasteiger partial charge in [0.25, 0.3) is 0 Å². The van der Waals surface area contributed by atoms with E-state index in [4.69, 9.17) is 9.47 Å². The van der Waals surface area contributed by atoms with E-state index in [-0.39, 0.29) is 17.9 Å². The van der Waals surface area contributed by atoms with Crippen molar-refractivity contribution in [3.05, 3.63) is 30.1 Å². The number of nitrogens with zero attached hydrogens (tertiary/aromatic N) is 1. The van der Waals surface area contributed by atoms with E-state index < -0.39 is 0 Å². The molecule has 0 saturated carbocycles. The maximum atomic E-state index is 12.7. The van der Waals surface area contributed by atoms with Crippen LogP contribution in [-0.2, 0) is 4.74 Å². The van der Waals surface area contributed by atoms with E-state index in [9.17, 15) is 9.18 Å². The molecule has 1 aromatic carbocycles. The van der Waals surface area contributed by atoms with E-state index in [1.807, 2.05) is 11.8 Å². The van der Waals surface area contributed by atoms with Crippen LogP contribution in [0.4, 0.5) is 9.18 Å². The van der Waals surface area contributed by atoms with Gasteiger partial charge in [-0.25, -0.2) is 9.18 Å². The van der Waals surface area contributed by atoms with Crippen LogP contribution in [0.3, 0.4) is 0 Å². The fourth-order valence-electron chi connectivity index (χ4n) is 2.44. The number of hydrogen-bond donors (Lipinski definition) is 1. The average molecular weight is 324 g/mol. The lowest BCUT2D eigenvalue weighted by Gasteiger charge is -2.26. The maximum Gasteiger partial charge on any atom is 0.317 e. The van der Waals surface area contributed by atoms with Crippen LogP contribution in [0.5, 0.6) is 5.75 Å². The zero-order valence-corrected chi connectivity index (χ0v) is 13.6. The van der Waals surface area contributed by atoms with Crippen molar-refractivity contribution in [3.63, 3.8) is 0 Å². The van der Waals surface area contributed by atoms with Crippen molar-refractivity contribution < 1.29 is 18.7 Å². The van der Waals surface area contributed by atoms with Crippen LogP contribution in [0.2, 0.25) is 0 Å². The number of carbonyl (C=O) groups excluding carboxylic acids is 1. The molecular formula is C17H25FN2O3. The zero-order chi connectivity index (χ0) is 16.5. The highest BCUT2D eigenvalue weighted by Crippen LogP contribution is 2.11. The minimum Gasteiger partial charge on any atom is -0.494 e. The molecule has 2 amide bonds. The van der Waals surface area contributed by atoms with Gasteiger partial charge >= 0.3 is 6.03 Å². The van der Waals surface area contributed by atoms with Gasteiger partial charge in [-0.1, -0.05) is 0 Å². The first-order valence-electron chi connectivity index (χ1n) is 8.17. The second kappa shape index (κ2) is 9.35. The highest BCUT2D eigenvalue weighted by atomic mass is 19.1. The summed E-state index contributed by atoms with van der Waals surface area (Å²) in [5, 5.41) is 2.94. The van der Waals surface area contributed by atoms with Crippen LogP contribution < -0.4 is 10.1 Å². The third-order valence-corrected chi connectivity index (χ3v) is 3.88. The van der Waals surface area contributed by atoms with Crippen molar-refractivity contribution >= 4 is 6.03 Å². The first-order valence-corrected chi connectivity index (χ1v) is 8.17. The average Bonchev–Trinajstić information content (AvgIpc) is 2.77. The molecule has 0 bridgehead atoms. The Morgan fingerprint density at radius 1 is 1.35 bits per heavy atom. The molecule has 128 valence electrons. The van der Waals surface area contributed by atoms with E-state index in [2.05, 4.69) is 5.32 Å². The minimum atomic E-state index is -0.270. The van der Waals surface area contributed by atoms with Crippen molar-refractivity contribution in [1.82, 2.24) is 10.2 Å². The summed E-state index contributed by atoms with van der Waals surface area (Å²) in [6.07, 6.45) is 2.54. The van der Waals surface area contributed by atoms with E-state index in [0.717, 1.165) is 19.3 Å². The molecule has 2 rings (SSSR count). The molecule has 6 heteroatoms. The number of hydrogen-bond acceptors (Lipinski definition) is 3. The van der Waals surface area contributed by atoms with Gasteiger partial charge in [-0.05, 0) is 50.5 Å². The Kier molecular flexibility index (Phi) is 7.13. The predicted molar refractivity (Wildman–Crippen MR) is 86.1 cm³/mol. The number of amides is 2. The summed E-state index contributed by atoms with van der Waals surface area (Å²) >= 11 is 0. The van der Waals surface area contributed by atoms with Gasteiger partial charge in [0.2, 0.25) is 0 Å². The van der Waals surface area contributed by atoms with Crippen LogP contribution in [0.1, 0.15) is 26.2 Å². The first-order chi connectivity index (χ1) is 11.2. The lowest BCUT2D eigenvalue weighted by atomic mass is 10.2. The summed E-state index contributed by atoms with van der Waals surface area (Å²) < 4.78 is 23.7. The van der Waals surface area contributed by atoms with E-state index in [0.29, 0.717) is 38.7 Å². The smallest absolute Gasteiger partial charge is 0.317 e. The Morgan fingerprint density at radius 2 is 2.13 bits per heavy atom. The number of halogens is 1. The summed E-state index contributed by atoms with van der Waals surface area (Å²) in [6.45, 7) is 5.17. The molecule has 0 aliphatic carbocycles. The zero-order valence-electron chi connectivity index (χ0n) is 13.6. The lowest BCUT2D eigenvalue weighted by Crippen LogP contribution is -2.45. The van der Waals surface area contributed by atoms with E-state index in [1.165, 1.54) is 12.1 Å². The fourth-order valence-corrected chi connectivity index (χ4v) is 2.44. The summed E-state index contributed by atoms with van der Waals surface area (Å²) in [7, 11) is 0. The number of carbonyl (C=O) groups is 1. The summed E-state index contributed by atoms with van der Waals surface area (Å²) in [4.78, 5) is 14.0. The highest BCUT2D eigenvalue weighted by Gasteiger charge is 2.21. The third kappa shape index (κ3) is 6.06. The quantitative estimate of drug-likeness (QED) is 0.819. The molecule has 0 aromatic heterocycles. The molecule has 5 nitrogen and oxygen atoms in total. The van der Waals surface area contributed by atoms with Crippen LogP contribution >= 0.6 is 0 Å². The number of urea groups is 1. The molecule has 1 aliphatic heterocycles. The van der Waals surface area contributed by atoms with Gasteiger partial charge in [-0.15, -0.1) is 0 Å². The topological polar surface area (TPSA) is 50.8 Å². The van der Waals surface area contributed by atoms with Crippen LogP contribution in [-0.4, -0.2) is 49.9 Å². The van der Waals surface area contributed by atoms with Crippen LogP contribution in [0.15, 0.2) is 24.3 Å². The Morgan fingerprint density at radius 3 is 2.91 bits per heavy atom. The summed E-state index contributed by atoms with van der Waals surface area (Å²) in [6, 6.07) is 6.16. The molecule has 1 unspecified atom stereocenters. The van der Waals surface area contributed by atoms with Crippen LogP contribution in [0, 0.1) is 5.82 Å². The first kappa shape index (κ1) is 17.5. The standard InChI is InChI=1S/C17H25FN2O3/c1-14-8-12-22-13-10-20(14)17(21)19-9-2-3-11-23-16-6-4-15(18)5-7-16/h4-7,14H,2-3,8-13H2,1H3,(H,19,21). The molecule has 1 aromatic rings. The molecule has 1 saturated heterocycles. The summed E-state index contributed by atoms with van der Waals surface area (Å²) in [5.41, 5.74) is 0. The molecule has 1 heterocycles. The molecule has 1 aliphatic rings. The number of benzene rings is 1. The van der Waals surface area contributed by atoms with Gasteiger partial charge in [0.1, 0.15) is 11.6 Å². The van der Waals surface area contributed by atoms with Crippen LogP contribution in [0.25, 0.3) is 0 Å². The molecule has 23 heavy (non-hydrogen) atoms. The van der Waals surface area contributed by atoms with Gasteiger partial charge in [0, 0.05) is 25.7 Å². The molecule has 0 spiro atoms. The molecular weight excluding hydrogens is 299 g/mol. The summed E-state index contributed by atoms with van der Waals surface area (Å²) in [5.74, 6) is 0.391. The Labute approximate surface area is 136 Å². The fraction of sp³-hybridized carbons (Fsp3) is 0.588. The normalized spacial score (nSPS) is 18.3. The van der Waals surface area contributed by atoms with Crippen molar-refractivity contribution in [2.24, 2.45) is 0 Å². The van der Waals surface area contributed by atoms with Crippen molar-refractivity contribution in [1.29, 1.82) is 0 Å². The molecule has 1 fully saturated rings. The van der Waals surface area contributed by atoms with Gasteiger partial charge in [0.05, 0.1) is 13.2 Å². The van der Waals surface area contributed by atoms with Gasteiger partial charge in [-0.2, -0.15) is 0 Å². The van der Waals surface area contributed by atoms with Crippen molar-refractivity contribution in [3.8, 4) is 5.75 Å². The van der Waals surface area contributed by atoms with Crippen molar-refractivity contribution in [2.75, 3.05) is 32.9 Å². The number of ether oxygens (including phenoxy) is 2. The monoisotopic (exact) mass is 324 g/mol. The predicted octanol–water partition coefficient (Wildman–Crippen LogP) is 2.81. The molecule has 0 radical (unpaired) electrons. The Bertz CT molecular complexity index is 481. The largest absolute Gasteiger partial charge is 0.494 e. The minimum absolute atomic E-state index is 0.0255. The maximum absolute atomic E-state index is 12.7. The second-order valence-electron chi connectivity index (χ2n) is 5.68. The number of unbranched alkanes of at least 4 members (excludes halogenated alkanes) is 1. The van der Waals surface area contributed by atoms with Gasteiger partial charge in [-0.3, -0.25) is 0 Å². The van der Waals surface area contributed by atoms with Crippen molar-refractivity contribution in [2.45, 2.75) is 32.2 Å². The number of nitrogens with one attached hydrogen (secondary N) is 1. The lowest BCUT2D eigenvalue weighted by molar-refractivity contribution is 0.142. The molecule has 1 atom stereocenters. The Balaban J connectivity index is 1.57. The van der Waals surface area contributed by atoms with Gasteiger partial charge < -0.3 is 19.7 Å². The Hall–Kier alpha value is -1.82. The van der Waals surface area contributed by atoms with E-state index in [1.54, 1.807) is 12.1 Å². The van der Waals surface area contributed by atoms with Gasteiger partial charge in [0.15, 0.2) is 0 Å². The third-order valence-electron chi connectivity index (χ3n) is 3.88. The molecule has 1 N–H and O–H groups in total. The second-order valence-corrected chi connectivity index (χ2v) is 5.68.